The number of hydrogen-bond donors (Lipinski definition) is 3. The van der Waals surface area contributed by atoms with Crippen molar-refractivity contribution in [1.29, 1.82) is 0 Å². The molecule has 107 heavy (non-hydrogen) atoms. The van der Waals surface area contributed by atoms with E-state index < -0.39 is 97.5 Å². The number of ether oxygens (including phenoxy) is 4. The third-order valence-corrected chi connectivity index (χ3v) is 22.7. The van der Waals surface area contributed by atoms with E-state index in [0.717, 1.165) is 95.8 Å². The van der Waals surface area contributed by atoms with Crippen LogP contribution >= 0.6 is 15.6 Å². The number of phosphoric ester groups is 2. The molecule has 19 heteroatoms. The molecule has 0 bridgehead atoms. The van der Waals surface area contributed by atoms with E-state index in [-0.39, 0.29) is 25.7 Å². The summed E-state index contributed by atoms with van der Waals surface area (Å²) >= 11 is 0. The van der Waals surface area contributed by atoms with Gasteiger partial charge in [0.05, 0.1) is 26.4 Å². The second kappa shape index (κ2) is 80.7. The Morgan fingerprint density at radius 1 is 0.252 bits per heavy atom. The van der Waals surface area contributed by atoms with Crippen molar-refractivity contribution in [2.75, 3.05) is 39.6 Å². The molecule has 0 fully saturated rings. The summed E-state index contributed by atoms with van der Waals surface area (Å²) in [5.74, 6) is -1.35. The first-order valence-electron chi connectivity index (χ1n) is 45.6. The molecular formula is C88H172O17P2. The molecule has 17 nitrogen and oxygen atoms in total. The molecule has 5 atom stereocenters. The van der Waals surface area contributed by atoms with Gasteiger partial charge in [0.25, 0.3) is 0 Å². The Morgan fingerprint density at radius 3 is 0.636 bits per heavy atom. The summed E-state index contributed by atoms with van der Waals surface area (Å²) in [7, 11) is -9.93. The zero-order chi connectivity index (χ0) is 78.3. The number of carbonyl (C=O) groups is 4. The zero-order valence-corrected chi connectivity index (χ0v) is 72.1. The second-order valence-electron chi connectivity index (χ2n) is 32.1. The van der Waals surface area contributed by atoms with Crippen LogP contribution in [0.1, 0.15) is 478 Å². The summed E-state index contributed by atoms with van der Waals surface area (Å²) in [5.41, 5.74) is 0. The first-order valence-corrected chi connectivity index (χ1v) is 48.6. The van der Waals surface area contributed by atoms with Gasteiger partial charge in [-0.25, -0.2) is 9.13 Å². The van der Waals surface area contributed by atoms with Crippen molar-refractivity contribution in [3.05, 3.63) is 0 Å². The molecule has 0 saturated heterocycles. The highest BCUT2D eigenvalue weighted by Gasteiger charge is 2.30. The molecule has 0 amide bonds. The van der Waals surface area contributed by atoms with Crippen LogP contribution in [0.25, 0.3) is 0 Å². The van der Waals surface area contributed by atoms with Gasteiger partial charge in [-0.3, -0.25) is 37.3 Å². The van der Waals surface area contributed by atoms with E-state index in [1.165, 1.54) is 302 Å². The van der Waals surface area contributed by atoms with Gasteiger partial charge in [-0.1, -0.05) is 426 Å². The molecule has 0 saturated carbocycles. The molecule has 0 aromatic heterocycles. The fourth-order valence-corrected chi connectivity index (χ4v) is 15.4. The summed E-state index contributed by atoms with van der Waals surface area (Å²) in [5, 5.41) is 10.7. The molecule has 0 heterocycles. The maximum absolute atomic E-state index is 13.2. The van der Waals surface area contributed by atoms with Gasteiger partial charge in [0.15, 0.2) is 12.2 Å². The molecule has 0 aliphatic heterocycles. The van der Waals surface area contributed by atoms with Gasteiger partial charge < -0.3 is 33.8 Å². The molecule has 0 aliphatic rings. The van der Waals surface area contributed by atoms with Crippen molar-refractivity contribution in [3.63, 3.8) is 0 Å². The Labute approximate surface area is 658 Å². The predicted molar refractivity (Wildman–Crippen MR) is 442 cm³/mol. The van der Waals surface area contributed by atoms with E-state index in [1.54, 1.807) is 0 Å². The van der Waals surface area contributed by atoms with Gasteiger partial charge in [-0.05, 0) is 31.6 Å². The summed E-state index contributed by atoms with van der Waals surface area (Å²) in [6.45, 7) is 7.37. The largest absolute Gasteiger partial charge is 0.472 e. The number of hydrogen-bond acceptors (Lipinski definition) is 15. The van der Waals surface area contributed by atoms with Crippen LogP contribution < -0.4 is 0 Å². The number of phosphoric acid groups is 2. The van der Waals surface area contributed by atoms with Crippen molar-refractivity contribution in [3.8, 4) is 0 Å². The van der Waals surface area contributed by atoms with E-state index in [1.807, 2.05) is 0 Å². The highest BCUT2D eigenvalue weighted by Crippen LogP contribution is 2.45. The van der Waals surface area contributed by atoms with Crippen LogP contribution in [0.15, 0.2) is 0 Å². The standard InChI is InChI=1S/C88H172O17P2/c1-6-9-12-15-18-21-24-27-30-33-36-39-42-45-48-53-59-64-69-73-87(92)104-83(77-98-85(90)71-66-61-56-51-46-43-40-37-34-31-28-25-22-19-16-13-10-7-2)79-102-106(94,95)100-75-82(89)76-101-107(96,97)103-80-84(78-99-86(91)72-67-62-57-54-49-50-55-60-65-70-81(4)5)105-88(93)74-68-63-58-52-47-44-41-38-35-32-29-26-23-20-17-14-11-8-3/h81-84,89H,6-80H2,1-5H3,(H,94,95)(H,96,97)/t82-,83-,84-/m1/s1. The van der Waals surface area contributed by atoms with Crippen LogP contribution in [0, 0.1) is 5.92 Å². The molecule has 0 spiro atoms. The number of rotatable bonds is 88. The van der Waals surface area contributed by atoms with Crippen LogP contribution in [0.2, 0.25) is 0 Å². The molecule has 0 aromatic carbocycles. The van der Waals surface area contributed by atoms with E-state index in [0.29, 0.717) is 25.7 Å². The number of unbranched alkanes of at least 4 members (excludes halogenated alkanes) is 60. The third-order valence-electron chi connectivity index (χ3n) is 20.8. The van der Waals surface area contributed by atoms with Crippen LogP contribution in [0.4, 0.5) is 0 Å². The van der Waals surface area contributed by atoms with Crippen molar-refractivity contribution < 1.29 is 80.2 Å². The van der Waals surface area contributed by atoms with Gasteiger partial charge in [0.2, 0.25) is 0 Å². The molecule has 0 aromatic rings. The summed E-state index contributed by atoms with van der Waals surface area (Å²) < 4.78 is 69.0. The predicted octanol–water partition coefficient (Wildman–Crippen LogP) is 27.2. The van der Waals surface area contributed by atoms with Crippen LogP contribution in [-0.2, 0) is 65.4 Å². The average molecular weight is 1560 g/mol. The quantitative estimate of drug-likeness (QED) is 0.0222. The van der Waals surface area contributed by atoms with E-state index in [2.05, 4.69) is 34.6 Å². The topological polar surface area (TPSA) is 237 Å². The first-order chi connectivity index (χ1) is 52.0. The fraction of sp³-hybridized carbons (Fsp3) is 0.955. The number of aliphatic hydroxyl groups is 1. The van der Waals surface area contributed by atoms with E-state index >= 15 is 0 Å². The zero-order valence-electron chi connectivity index (χ0n) is 70.3. The lowest BCUT2D eigenvalue weighted by molar-refractivity contribution is -0.161. The Bertz CT molecular complexity index is 2030. The smallest absolute Gasteiger partial charge is 0.462 e. The third kappa shape index (κ3) is 81.9. The molecule has 636 valence electrons. The Kier molecular flexibility index (Phi) is 79.2. The van der Waals surface area contributed by atoms with Crippen LogP contribution in [-0.4, -0.2) is 96.7 Å². The maximum Gasteiger partial charge on any atom is 0.472 e. The first kappa shape index (κ1) is 105. The Morgan fingerprint density at radius 2 is 0.430 bits per heavy atom. The maximum atomic E-state index is 13.2. The number of esters is 4. The lowest BCUT2D eigenvalue weighted by Gasteiger charge is -2.21. The highest BCUT2D eigenvalue weighted by molar-refractivity contribution is 7.47. The number of aliphatic hydroxyl groups excluding tert-OH is 1. The molecule has 0 rings (SSSR count). The van der Waals surface area contributed by atoms with Crippen molar-refractivity contribution in [2.45, 2.75) is 496 Å². The normalized spacial score (nSPS) is 13.7. The molecule has 2 unspecified atom stereocenters. The van der Waals surface area contributed by atoms with Gasteiger partial charge in [0, 0.05) is 25.7 Å². The summed E-state index contributed by atoms with van der Waals surface area (Å²) in [4.78, 5) is 73.3. The van der Waals surface area contributed by atoms with Gasteiger partial charge in [0.1, 0.15) is 19.3 Å². The minimum Gasteiger partial charge on any atom is -0.462 e. The van der Waals surface area contributed by atoms with Crippen molar-refractivity contribution in [2.24, 2.45) is 5.92 Å². The fourth-order valence-electron chi connectivity index (χ4n) is 13.8. The van der Waals surface area contributed by atoms with Gasteiger partial charge in [-0.15, -0.1) is 0 Å². The SMILES string of the molecule is CCCCCCCCCCCCCCCCCCCCCC(=O)O[C@H](COC(=O)CCCCCCCCCCCCCCCCCCCC)COP(=O)(O)OC[C@@H](O)COP(=O)(O)OC[C@@H](COC(=O)CCCCCCCCCCCC(C)C)OC(=O)CCCCCCCCCCCCCCCCCCCC. The molecule has 0 radical (unpaired) electrons. The summed E-state index contributed by atoms with van der Waals surface area (Å²) in [6.07, 6.45) is 75.0. The highest BCUT2D eigenvalue weighted by atomic mass is 31.2. The molecule has 3 N–H and O–H groups in total. The Balaban J connectivity index is 5.25. The minimum atomic E-state index is -4.97. The summed E-state index contributed by atoms with van der Waals surface area (Å²) in [6, 6.07) is 0. The number of carbonyl (C=O) groups excluding carboxylic acids is 4. The molecular weight excluding hydrogens is 1390 g/mol. The van der Waals surface area contributed by atoms with E-state index in [4.69, 9.17) is 37.0 Å². The van der Waals surface area contributed by atoms with E-state index in [9.17, 15) is 43.2 Å². The minimum absolute atomic E-state index is 0.109. The van der Waals surface area contributed by atoms with Gasteiger partial charge in [-0.2, -0.15) is 0 Å². The lowest BCUT2D eigenvalue weighted by Crippen LogP contribution is -2.30. The van der Waals surface area contributed by atoms with Crippen molar-refractivity contribution in [1.82, 2.24) is 0 Å². The van der Waals surface area contributed by atoms with Gasteiger partial charge >= 0.3 is 39.5 Å². The van der Waals surface area contributed by atoms with Crippen molar-refractivity contribution >= 4 is 39.5 Å². The molecule has 0 aliphatic carbocycles. The van der Waals surface area contributed by atoms with Crippen LogP contribution in [0.3, 0.4) is 0 Å². The Hall–Kier alpha value is -1.94. The monoisotopic (exact) mass is 1560 g/mol. The lowest BCUT2D eigenvalue weighted by atomic mass is 10.0. The second-order valence-corrected chi connectivity index (χ2v) is 35.0. The van der Waals surface area contributed by atoms with Crippen LogP contribution in [0.5, 0.6) is 0 Å². The average Bonchev–Trinajstić information content (AvgIpc) is 0.909.